The third kappa shape index (κ3) is 4.56. The summed E-state index contributed by atoms with van der Waals surface area (Å²) in [6.45, 7) is 4.17. The van der Waals surface area contributed by atoms with E-state index in [0.29, 0.717) is 19.3 Å². The van der Waals surface area contributed by atoms with Gasteiger partial charge in [-0.15, -0.1) is 0 Å². The molecule has 18 heavy (non-hydrogen) atoms. The lowest BCUT2D eigenvalue weighted by Gasteiger charge is -2.38. The molecule has 0 bridgehead atoms. The monoisotopic (exact) mass is 254 g/mol. The first-order chi connectivity index (χ1) is 8.72. The molecule has 1 aliphatic rings. The van der Waals surface area contributed by atoms with Gasteiger partial charge in [0, 0.05) is 12.6 Å². The van der Waals surface area contributed by atoms with Crippen LogP contribution in [0.2, 0.25) is 0 Å². The Hall–Kier alpha value is -0.630. The van der Waals surface area contributed by atoms with E-state index in [2.05, 4.69) is 24.9 Å². The molecule has 0 radical (unpaired) electrons. The predicted octanol–water partition coefficient (Wildman–Crippen LogP) is 1.65. The number of likely N-dealkylation sites (N-methyl/N-ethyl adjacent to an activating group) is 1. The minimum absolute atomic E-state index is 0.0753. The average Bonchev–Trinajstić information content (AvgIpc) is 2.42. The van der Waals surface area contributed by atoms with Crippen LogP contribution in [0.3, 0.4) is 0 Å². The molecular weight excluding hydrogens is 228 g/mol. The van der Waals surface area contributed by atoms with Crippen LogP contribution in [0.4, 0.5) is 0 Å². The predicted molar refractivity (Wildman–Crippen MR) is 71.1 cm³/mol. The Bertz CT molecular complexity index is 265. The van der Waals surface area contributed by atoms with Crippen molar-refractivity contribution in [2.75, 3.05) is 33.4 Å². The summed E-state index contributed by atoms with van der Waals surface area (Å²) < 4.78 is 5.29. The molecule has 1 N–H and O–H groups in total. The summed E-state index contributed by atoms with van der Waals surface area (Å²) in [6.07, 6.45) is 4.57. The molecule has 0 aliphatic heterocycles. The SMILES string of the molecule is CCC1CCC(C#N)C(N(C)CCOCCO)C1. The molecule has 104 valence electrons. The van der Waals surface area contributed by atoms with Crippen molar-refractivity contribution in [2.45, 2.75) is 38.6 Å². The highest BCUT2D eigenvalue weighted by Crippen LogP contribution is 2.33. The van der Waals surface area contributed by atoms with Crippen LogP contribution >= 0.6 is 0 Å². The number of aliphatic hydroxyl groups excluding tert-OH is 1. The van der Waals surface area contributed by atoms with Gasteiger partial charge in [-0.3, -0.25) is 4.90 Å². The van der Waals surface area contributed by atoms with Crippen LogP contribution in [0.1, 0.15) is 32.6 Å². The van der Waals surface area contributed by atoms with E-state index in [4.69, 9.17) is 9.84 Å². The molecule has 4 nitrogen and oxygen atoms in total. The van der Waals surface area contributed by atoms with E-state index in [-0.39, 0.29) is 12.5 Å². The second-order valence-electron chi connectivity index (χ2n) is 5.21. The fourth-order valence-electron chi connectivity index (χ4n) is 2.78. The highest BCUT2D eigenvalue weighted by atomic mass is 16.5. The van der Waals surface area contributed by atoms with Crippen molar-refractivity contribution < 1.29 is 9.84 Å². The van der Waals surface area contributed by atoms with Crippen LogP contribution in [-0.2, 0) is 4.74 Å². The van der Waals surface area contributed by atoms with E-state index < -0.39 is 0 Å². The molecule has 1 fully saturated rings. The molecule has 4 heteroatoms. The largest absolute Gasteiger partial charge is 0.394 e. The number of rotatable bonds is 7. The van der Waals surface area contributed by atoms with Crippen LogP contribution in [0.25, 0.3) is 0 Å². The van der Waals surface area contributed by atoms with Crippen LogP contribution in [0, 0.1) is 23.2 Å². The summed E-state index contributed by atoms with van der Waals surface area (Å²) in [6, 6.07) is 2.83. The van der Waals surface area contributed by atoms with Crippen molar-refractivity contribution in [1.82, 2.24) is 4.90 Å². The van der Waals surface area contributed by atoms with Crippen molar-refractivity contribution in [2.24, 2.45) is 11.8 Å². The Morgan fingerprint density at radius 1 is 1.39 bits per heavy atom. The molecule has 0 heterocycles. The summed E-state index contributed by atoms with van der Waals surface area (Å²) in [5.74, 6) is 0.927. The van der Waals surface area contributed by atoms with Gasteiger partial charge in [0.05, 0.1) is 31.8 Å². The Kier molecular flexibility index (Phi) is 7.26. The van der Waals surface area contributed by atoms with Crippen LogP contribution < -0.4 is 0 Å². The molecule has 0 spiro atoms. The quantitative estimate of drug-likeness (QED) is 0.702. The summed E-state index contributed by atoms with van der Waals surface area (Å²) >= 11 is 0. The molecule has 1 aliphatic carbocycles. The maximum atomic E-state index is 9.24. The molecular formula is C14H26N2O2. The van der Waals surface area contributed by atoms with E-state index in [0.717, 1.165) is 25.3 Å². The maximum Gasteiger partial charge on any atom is 0.0698 e. The van der Waals surface area contributed by atoms with Gasteiger partial charge in [0.25, 0.3) is 0 Å². The minimum Gasteiger partial charge on any atom is -0.394 e. The number of nitrogens with zero attached hydrogens (tertiary/aromatic N) is 2. The Morgan fingerprint density at radius 3 is 2.78 bits per heavy atom. The zero-order valence-corrected chi connectivity index (χ0v) is 11.6. The van der Waals surface area contributed by atoms with Gasteiger partial charge in [-0.2, -0.15) is 5.26 Å². The molecule has 0 saturated heterocycles. The van der Waals surface area contributed by atoms with Crippen LogP contribution in [-0.4, -0.2) is 49.5 Å². The second-order valence-corrected chi connectivity index (χ2v) is 5.21. The Morgan fingerprint density at radius 2 is 2.17 bits per heavy atom. The molecule has 3 atom stereocenters. The smallest absolute Gasteiger partial charge is 0.0698 e. The van der Waals surface area contributed by atoms with Crippen molar-refractivity contribution in [3.05, 3.63) is 0 Å². The maximum absolute atomic E-state index is 9.24. The second kappa shape index (κ2) is 8.47. The number of aliphatic hydroxyl groups is 1. The number of hydrogen-bond acceptors (Lipinski definition) is 4. The zero-order chi connectivity index (χ0) is 13.4. The average molecular weight is 254 g/mol. The van der Waals surface area contributed by atoms with Crippen molar-refractivity contribution >= 4 is 0 Å². The van der Waals surface area contributed by atoms with Gasteiger partial charge < -0.3 is 9.84 Å². The third-order valence-electron chi connectivity index (χ3n) is 4.06. The summed E-state index contributed by atoms with van der Waals surface area (Å²) in [5, 5.41) is 17.9. The highest BCUT2D eigenvalue weighted by molar-refractivity contribution is 4.96. The summed E-state index contributed by atoms with van der Waals surface area (Å²) in [5.41, 5.74) is 0. The van der Waals surface area contributed by atoms with Gasteiger partial charge in [-0.25, -0.2) is 0 Å². The first-order valence-corrected chi connectivity index (χ1v) is 7.01. The van der Waals surface area contributed by atoms with E-state index in [9.17, 15) is 5.26 Å². The lowest BCUT2D eigenvalue weighted by atomic mass is 9.77. The van der Waals surface area contributed by atoms with Crippen molar-refractivity contribution in [3.63, 3.8) is 0 Å². The van der Waals surface area contributed by atoms with E-state index >= 15 is 0 Å². The first kappa shape index (κ1) is 15.4. The van der Waals surface area contributed by atoms with Crippen LogP contribution in [0.15, 0.2) is 0 Å². The number of nitriles is 1. The summed E-state index contributed by atoms with van der Waals surface area (Å²) in [7, 11) is 2.08. The van der Waals surface area contributed by atoms with Gasteiger partial charge in [-0.05, 0) is 32.2 Å². The molecule has 0 amide bonds. The lowest BCUT2D eigenvalue weighted by molar-refractivity contribution is 0.0534. The van der Waals surface area contributed by atoms with E-state index in [1.807, 2.05) is 0 Å². The lowest BCUT2D eigenvalue weighted by Crippen LogP contribution is -2.43. The molecule has 0 aromatic rings. The van der Waals surface area contributed by atoms with Crippen molar-refractivity contribution in [3.8, 4) is 6.07 Å². The Labute approximate surface area is 111 Å². The topological polar surface area (TPSA) is 56.5 Å². The normalized spacial score (nSPS) is 28.3. The van der Waals surface area contributed by atoms with Gasteiger partial charge in [0.2, 0.25) is 0 Å². The fraction of sp³-hybridized carbons (Fsp3) is 0.929. The number of ether oxygens (including phenoxy) is 1. The molecule has 0 aromatic carbocycles. The molecule has 3 unspecified atom stereocenters. The van der Waals surface area contributed by atoms with E-state index in [1.54, 1.807) is 0 Å². The van der Waals surface area contributed by atoms with E-state index in [1.165, 1.54) is 12.8 Å². The highest BCUT2D eigenvalue weighted by Gasteiger charge is 2.32. The molecule has 1 rings (SSSR count). The first-order valence-electron chi connectivity index (χ1n) is 7.01. The van der Waals surface area contributed by atoms with Gasteiger partial charge >= 0.3 is 0 Å². The van der Waals surface area contributed by atoms with Crippen LogP contribution in [0.5, 0.6) is 0 Å². The molecule has 0 aromatic heterocycles. The third-order valence-corrected chi connectivity index (χ3v) is 4.06. The fourth-order valence-corrected chi connectivity index (χ4v) is 2.78. The zero-order valence-electron chi connectivity index (χ0n) is 11.6. The number of hydrogen-bond donors (Lipinski definition) is 1. The Balaban J connectivity index is 2.41. The standard InChI is InChI=1S/C14H26N2O2/c1-3-12-4-5-13(11-15)14(10-12)16(2)6-8-18-9-7-17/h12-14,17H,3-10H2,1-2H3. The van der Waals surface area contributed by atoms with Gasteiger partial charge in [0.15, 0.2) is 0 Å². The summed E-state index contributed by atoms with van der Waals surface area (Å²) in [4.78, 5) is 2.26. The van der Waals surface area contributed by atoms with Gasteiger partial charge in [0.1, 0.15) is 0 Å². The molecule has 1 saturated carbocycles. The van der Waals surface area contributed by atoms with Gasteiger partial charge in [-0.1, -0.05) is 13.3 Å². The van der Waals surface area contributed by atoms with Crippen molar-refractivity contribution in [1.29, 1.82) is 5.26 Å². The minimum atomic E-state index is 0.0753.